The molecule has 1 aliphatic rings. The summed E-state index contributed by atoms with van der Waals surface area (Å²) in [6.45, 7) is 5.09. The highest BCUT2D eigenvalue weighted by atomic mass is 79.9. The number of aromatic nitrogens is 1. The van der Waals surface area contributed by atoms with E-state index in [4.69, 9.17) is 4.52 Å². The number of halogens is 1. The van der Waals surface area contributed by atoms with Crippen LogP contribution in [-0.2, 0) is 6.54 Å². The van der Waals surface area contributed by atoms with Crippen molar-refractivity contribution in [1.29, 1.82) is 0 Å². The van der Waals surface area contributed by atoms with Crippen molar-refractivity contribution in [2.75, 3.05) is 31.1 Å². The summed E-state index contributed by atoms with van der Waals surface area (Å²) in [5, 5.41) is 3.96. The zero-order valence-electron chi connectivity index (χ0n) is 10.6. The molecule has 0 atom stereocenters. The predicted octanol–water partition coefficient (Wildman–Crippen LogP) is 2.76. The lowest BCUT2D eigenvalue weighted by Gasteiger charge is -2.35. The van der Waals surface area contributed by atoms with Crippen molar-refractivity contribution in [3.63, 3.8) is 0 Å². The molecule has 0 amide bonds. The van der Waals surface area contributed by atoms with Crippen LogP contribution >= 0.6 is 15.9 Å². The van der Waals surface area contributed by atoms with E-state index in [9.17, 15) is 0 Å². The SMILES string of the molecule is Brc1cccc(N2CCN(Cc3ccon3)CC2)c1. The van der Waals surface area contributed by atoms with Crippen LogP contribution in [0.15, 0.2) is 45.6 Å². The van der Waals surface area contributed by atoms with E-state index in [1.165, 1.54) is 5.69 Å². The van der Waals surface area contributed by atoms with Gasteiger partial charge in [0.2, 0.25) is 0 Å². The molecular weight excluding hydrogens is 306 g/mol. The molecule has 1 aliphatic heterocycles. The van der Waals surface area contributed by atoms with Gasteiger partial charge in [0.05, 0.1) is 5.69 Å². The normalized spacial score (nSPS) is 16.8. The monoisotopic (exact) mass is 321 g/mol. The fourth-order valence-electron chi connectivity index (χ4n) is 2.39. The summed E-state index contributed by atoms with van der Waals surface area (Å²) in [6, 6.07) is 10.4. The lowest BCUT2D eigenvalue weighted by molar-refractivity contribution is 0.242. The summed E-state index contributed by atoms with van der Waals surface area (Å²) in [7, 11) is 0. The first-order valence-electron chi connectivity index (χ1n) is 6.43. The maximum Gasteiger partial charge on any atom is 0.124 e. The summed E-state index contributed by atoms with van der Waals surface area (Å²) in [6.07, 6.45) is 1.63. The van der Waals surface area contributed by atoms with Crippen molar-refractivity contribution in [2.24, 2.45) is 0 Å². The maximum absolute atomic E-state index is 4.87. The molecule has 100 valence electrons. The van der Waals surface area contributed by atoms with Crippen molar-refractivity contribution in [2.45, 2.75) is 6.54 Å². The fourth-order valence-corrected chi connectivity index (χ4v) is 2.77. The third-order valence-electron chi connectivity index (χ3n) is 3.42. The number of rotatable bonds is 3. The maximum atomic E-state index is 4.87. The zero-order valence-corrected chi connectivity index (χ0v) is 12.2. The van der Waals surface area contributed by atoms with E-state index >= 15 is 0 Å². The number of nitrogens with zero attached hydrogens (tertiary/aromatic N) is 3. The van der Waals surface area contributed by atoms with Crippen molar-refractivity contribution in [3.05, 3.63) is 46.8 Å². The highest BCUT2D eigenvalue weighted by Crippen LogP contribution is 2.21. The van der Waals surface area contributed by atoms with Crippen LogP contribution in [0.3, 0.4) is 0 Å². The summed E-state index contributed by atoms with van der Waals surface area (Å²) < 4.78 is 6.00. The largest absolute Gasteiger partial charge is 0.369 e. The predicted molar refractivity (Wildman–Crippen MR) is 78.1 cm³/mol. The Bertz CT molecular complexity index is 521. The van der Waals surface area contributed by atoms with E-state index in [1.54, 1.807) is 6.26 Å². The molecule has 0 radical (unpaired) electrons. The van der Waals surface area contributed by atoms with Crippen molar-refractivity contribution in [3.8, 4) is 0 Å². The lowest BCUT2D eigenvalue weighted by atomic mass is 10.2. The van der Waals surface area contributed by atoms with Gasteiger partial charge in [-0.2, -0.15) is 0 Å². The smallest absolute Gasteiger partial charge is 0.124 e. The molecule has 0 saturated carbocycles. The fraction of sp³-hybridized carbons (Fsp3) is 0.357. The van der Waals surface area contributed by atoms with Gasteiger partial charge in [0, 0.05) is 49.0 Å². The van der Waals surface area contributed by atoms with Crippen molar-refractivity contribution in [1.82, 2.24) is 10.1 Å². The first-order valence-corrected chi connectivity index (χ1v) is 7.23. The van der Waals surface area contributed by atoms with E-state index in [2.05, 4.69) is 55.2 Å². The third-order valence-corrected chi connectivity index (χ3v) is 3.92. The molecule has 4 nitrogen and oxygen atoms in total. The van der Waals surface area contributed by atoms with Crippen LogP contribution in [0.4, 0.5) is 5.69 Å². The first-order chi connectivity index (χ1) is 9.31. The summed E-state index contributed by atoms with van der Waals surface area (Å²) in [5.74, 6) is 0. The van der Waals surface area contributed by atoms with Crippen LogP contribution in [0.25, 0.3) is 0 Å². The highest BCUT2D eigenvalue weighted by Gasteiger charge is 2.18. The van der Waals surface area contributed by atoms with Crippen LogP contribution in [0.2, 0.25) is 0 Å². The molecule has 19 heavy (non-hydrogen) atoms. The van der Waals surface area contributed by atoms with E-state index < -0.39 is 0 Å². The van der Waals surface area contributed by atoms with Gasteiger partial charge in [-0.15, -0.1) is 0 Å². The lowest BCUT2D eigenvalue weighted by Crippen LogP contribution is -2.46. The molecule has 1 saturated heterocycles. The second-order valence-electron chi connectivity index (χ2n) is 4.73. The van der Waals surface area contributed by atoms with Crippen LogP contribution in [0.5, 0.6) is 0 Å². The Balaban J connectivity index is 1.57. The second-order valence-corrected chi connectivity index (χ2v) is 5.65. The summed E-state index contributed by atoms with van der Waals surface area (Å²) in [5.41, 5.74) is 2.30. The Kier molecular flexibility index (Phi) is 3.84. The average Bonchev–Trinajstić information content (AvgIpc) is 2.92. The van der Waals surface area contributed by atoms with Crippen LogP contribution in [0.1, 0.15) is 5.69 Å². The molecule has 1 aromatic carbocycles. The van der Waals surface area contributed by atoms with Gasteiger partial charge in [-0.1, -0.05) is 27.2 Å². The topological polar surface area (TPSA) is 32.5 Å². The van der Waals surface area contributed by atoms with Crippen LogP contribution in [-0.4, -0.2) is 36.2 Å². The van der Waals surface area contributed by atoms with E-state index in [0.29, 0.717) is 0 Å². The molecule has 3 rings (SSSR count). The third kappa shape index (κ3) is 3.16. The van der Waals surface area contributed by atoms with Crippen LogP contribution in [0, 0.1) is 0 Å². The first kappa shape index (κ1) is 12.7. The Labute approximate surface area is 121 Å². The molecule has 0 spiro atoms. The Morgan fingerprint density at radius 2 is 2.00 bits per heavy atom. The molecule has 1 fully saturated rings. The number of hydrogen-bond donors (Lipinski definition) is 0. The number of hydrogen-bond acceptors (Lipinski definition) is 4. The molecule has 1 aromatic heterocycles. The van der Waals surface area contributed by atoms with E-state index in [1.807, 2.05) is 6.07 Å². The minimum Gasteiger partial charge on any atom is -0.369 e. The second kappa shape index (κ2) is 5.75. The Morgan fingerprint density at radius 3 is 2.68 bits per heavy atom. The molecule has 0 unspecified atom stereocenters. The number of anilines is 1. The molecule has 0 bridgehead atoms. The highest BCUT2D eigenvalue weighted by molar-refractivity contribution is 9.10. The number of piperazine rings is 1. The molecule has 2 aromatic rings. The molecular formula is C14H16BrN3O. The standard InChI is InChI=1S/C14H16BrN3O/c15-12-2-1-3-14(10-12)18-7-5-17(6-8-18)11-13-4-9-19-16-13/h1-4,9-10H,5-8,11H2. The van der Waals surface area contributed by atoms with Gasteiger partial charge in [0.1, 0.15) is 6.26 Å². The van der Waals surface area contributed by atoms with Gasteiger partial charge in [-0.3, -0.25) is 4.90 Å². The van der Waals surface area contributed by atoms with E-state index in [-0.39, 0.29) is 0 Å². The molecule has 0 aliphatic carbocycles. The van der Waals surface area contributed by atoms with Gasteiger partial charge in [-0.25, -0.2) is 0 Å². The summed E-state index contributed by atoms with van der Waals surface area (Å²) in [4.78, 5) is 4.83. The van der Waals surface area contributed by atoms with Crippen LogP contribution < -0.4 is 4.90 Å². The zero-order chi connectivity index (χ0) is 13.1. The Morgan fingerprint density at radius 1 is 1.16 bits per heavy atom. The van der Waals surface area contributed by atoms with Crippen molar-refractivity contribution < 1.29 is 4.52 Å². The van der Waals surface area contributed by atoms with Gasteiger partial charge < -0.3 is 9.42 Å². The quantitative estimate of drug-likeness (QED) is 0.870. The minimum absolute atomic E-state index is 0.878. The van der Waals surface area contributed by atoms with Gasteiger partial charge in [-0.05, 0) is 18.2 Å². The molecule has 2 heterocycles. The Hall–Kier alpha value is -1.33. The number of benzene rings is 1. The molecule has 0 N–H and O–H groups in total. The van der Waals surface area contributed by atoms with Gasteiger partial charge in [0.25, 0.3) is 0 Å². The van der Waals surface area contributed by atoms with Crippen molar-refractivity contribution >= 4 is 21.6 Å². The average molecular weight is 322 g/mol. The molecule has 5 heteroatoms. The van der Waals surface area contributed by atoms with Gasteiger partial charge >= 0.3 is 0 Å². The minimum atomic E-state index is 0.878. The summed E-state index contributed by atoms with van der Waals surface area (Å²) >= 11 is 3.52. The van der Waals surface area contributed by atoms with Gasteiger partial charge in [0.15, 0.2) is 0 Å². The van der Waals surface area contributed by atoms with E-state index in [0.717, 1.165) is 42.9 Å².